The van der Waals surface area contributed by atoms with Crippen molar-refractivity contribution in [1.82, 2.24) is 19.6 Å². The summed E-state index contributed by atoms with van der Waals surface area (Å²) in [5, 5.41) is 5.49. The van der Waals surface area contributed by atoms with Crippen molar-refractivity contribution in [3.63, 3.8) is 0 Å². The van der Waals surface area contributed by atoms with Crippen LogP contribution in [0.3, 0.4) is 0 Å². The number of piperazine rings is 1. The van der Waals surface area contributed by atoms with Crippen LogP contribution in [0.1, 0.15) is 37.8 Å². The summed E-state index contributed by atoms with van der Waals surface area (Å²) in [4.78, 5) is 20.2. The molecule has 1 saturated carbocycles. The number of halogens is 1. The summed E-state index contributed by atoms with van der Waals surface area (Å²) in [5.41, 5.74) is 1.23. The van der Waals surface area contributed by atoms with E-state index < -0.39 is 0 Å². The average molecular weight is 355 g/mol. The van der Waals surface area contributed by atoms with Gasteiger partial charge in [-0.3, -0.25) is 14.1 Å². The smallest absolute Gasteiger partial charge is 0.258 e. The van der Waals surface area contributed by atoms with E-state index in [1.807, 2.05) is 5.38 Å². The molecule has 0 aromatic carbocycles. The monoisotopic (exact) mass is 354 g/mol. The Kier molecular flexibility index (Phi) is 5.06. The van der Waals surface area contributed by atoms with E-state index in [2.05, 4.69) is 15.2 Å². The molecule has 1 spiro atoms. The Morgan fingerprint density at radius 3 is 2.96 bits per heavy atom. The first-order chi connectivity index (χ1) is 10.8. The minimum atomic E-state index is 0. The Morgan fingerprint density at radius 1 is 1.30 bits per heavy atom. The number of rotatable bonds is 2. The number of nitrogens with one attached hydrogen (secondary N) is 1. The molecule has 1 aliphatic heterocycles. The first-order valence-electron chi connectivity index (χ1n) is 8.18. The number of hydrogen-bond donors (Lipinski definition) is 1. The molecule has 2 fully saturated rings. The van der Waals surface area contributed by atoms with E-state index in [1.165, 1.54) is 43.4 Å². The second-order valence-corrected chi connectivity index (χ2v) is 7.40. The molecule has 1 aliphatic carbocycles. The summed E-state index contributed by atoms with van der Waals surface area (Å²) in [7, 11) is 0. The molecule has 3 heterocycles. The molecule has 0 radical (unpaired) electrons. The Morgan fingerprint density at radius 2 is 2.13 bits per heavy atom. The van der Waals surface area contributed by atoms with E-state index in [4.69, 9.17) is 0 Å². The fourth-order valence-electron chi connectivity index (χ4n) is 4.00. The largest absolute Gasteiger partial charge is 0.314 e. The van der Waals surface area contributed by atoms with Gasteiger partial charge in [0.05, 0.1) is 5.69 Å². The lowest BCUT2D eigenvalue weighted by Crippen LogP contribution is -2.61. The lowest BCUT2D eigenvalue weighted by molar-refractivity contribution is 0.0199. The zero-order chi connectivity index (χ0) is 15.0. The molecule has 23 heavy (non-hydrogen) atoms. The highest BCUT2D eigenvalue weighted by atomic mass is 35.5. The fourth-order valence-corrected chi connectivity index (χ4v) is 4.74. The molecule has 0 bridgehead atoms. The molecule has 5 nitrogen and oxygen atoms in total. The van der Waals surface area contributed by atoms with Crippen LogP contribution in [0.25, 0.3) is 4.96 Å². The first kappa shape index (κ1) is 16.9. The van der Waals surface area contributed by atoms with E-state index in [0.717, 1.165) is 36.8 Å². The molecule has 1 N–H and O–H groups in total. The normalized spacial score (nSPS) is 21.4. The van der Waals surface area contributed by atoms with Crippen LogP contribution < -0.4 is 10.9 Å². The van der Waals surface area contributed by atoms with E-state index in [-0.39, 0.29) is 23.5 Å². The molecule has 7 heteroatoms. The minimum absolute atomic E-state index is 0. The van der Waals surface area contributed by atoms with E-state index in [1.54, 1.807) is 16.7 Å². The first-order valence-corrected chi connectivity index (χ1v) is 9.06. The van der Waals surface area contributed by atoms with Crippen LogP contribution in [-0.2, 0) is 6.54 Å². The van der Waals surface area contributed by atoms with Gasteiger partial charge in [0.2, 0.25) is 0 Å². The van der Waals surface area contributed by atoms with Gasteiger partial charge in [-0.15, -0.1) is 23.7 Å². The second-order valence-electron chi connectivity index (χ2n) is 6.52. The predicted octanol–water partition coefficient (Wildman–Crippen LogP) is 2.29. The zero-order valence-electron chi connectivity index (χ0n) is 13.2. The third-order valence-electron chi connectivity index (χ3n) is 5.18. The summed E-state index contributed by atoms with van der Waals surface area (Å²) >= 11 is 1.53. The molecule has 4 rings (SSSR count). The minimum Gasteiger partial charge on any atom is -0.314 e. The van der Waals surface area contributed by atoms with Gasteiger partial charge < -0.3 is 5.32 Å². The van der Waals surface area contributed by atoms with Crippen molar-refractivity contribution in [3.05, 3.63) is 33.7 Å². The van der Waals surface area contributed by atoms with Crippen LogP contribution >= 0.6 is 23.7 Å². The van der Waals surface area contributed by atoms with Crippen LogP contribution in [0, 0.1) is 0 Å². The van der Waals surface area contributed by atoms with Crippen LogP contribution in [0.5, 0.6) is 0 Å². The van der Waals surface area contributed by atoms with Crippen molar-refractivity contribution in [2.24, 2.45) is 0 Å². The van der Waals surface area contributed by atoms with Crippen LogP contribution in [0.4, 0.5) is 0 Å². The second kappa shape index (κ2) is 6.89. The predicted molar refractivity (Wildman–Crippen MR) is 95.7 cm³/mol. The van der Waals surface area contributed by atoms with E-state index in [0.29, 0.717) is 0 Å². The van der Waals surface area contributed by atoms with Gasteiger partial charge in [0.1, 0.15) is 0 Å². The van der Waals surface area contributed by atoms with Gasteiger partial charge in [-0.05, 0) is 12.8 Å². The molecular formula is C16H23ClN4OS. The lowest BCUT2D eigenvalue weighted by Gasteiger charge is -2.49. The van der Waals surface area contributed by atoms with Crippen molar-refractivity contribution in [3.8, 4) is 0 Å². The van der Waals surface area contributed by atoms with E-state index >= 15 is 0 Å². The zero-order valence-corrected chi connectivity index (χ0v) is 14.8. The fraction of sp³-hybridized carbons (Fsp3) is 0.625. The molecule has 2 aromatic heterocycles. The molecular weight excluding hydrogens is 332 g/mol. The third-order valence-corrected chi connectivity index (χ3v) is 5.93. The van der Waals surface area contributed by atoms with Crippen molar-refractivity contribution in [2.45, 2.75) is 44.2 Å². The van der Waals surface area contributed by atoms with Gasteiger partial charge in [0, 0.05) is 49.4 Å². The third kappa shape index (κ3) is 3.18. The summed E-state index contributed by atoms with van der Waals surface area (Å²) in [5.74, 6) is 0. The number of hydrogen-bond acceptors (Lipinski definition) is 5. The molecule has 2 aromatic rings. The number of fused-ring (bicyclic) bond motifs is 1. The Labute approximate surface area is 146 Å². The van der Waals surface area contributed by atoms with Gasteiger partial charge in [0.25, 0.3) is 5.56 Å². The molecule has 1 saturated heterocycles. The highest BCUT2D eigenvalue weighted by molar-refractivity contribution is 7.15. The number of nitrogens with zero attached hydrogens (tertiary/aromatic N) is 3. The Bertz CT molecular complexity index is 714. The molecule has 126 valence electrons. The average Bonchev–Trinajstić information content (AvgIpc) is 3.00. The van der Waals surface area contributed by atoms with Crippen LogP contribution in [0.15, 0.2) is 22.4 Å². The Hall–Kier alpha value is -0.950. The topological polar surface area (TPSA) is 49.6 Å². The van der Waals surface area contributed by atoms with Gasteiger partial charge in [-0.2, -0.15) is 0 Å². The van der Waals surface area contributed by atoms with Crippen molar-refractivity contribution >= 4 is 28.7 Å². The van der Waals surface area contributed by atoms with Crippen molar-refractivity contribution in [2.75, 3.05) is 19.6 Å². The summed E-state index contributed by atoms with van der Waals surface area (Å²) in [6, 6.07) is 1.71. The quantitative estimate of drug-likeness (QED) is 0.899. The maximum atomic E-state index is 12.2. The SMILES string of the molecule is Cl.O=c1cc(CN2CCNCC23CCCCC3)nc2sccn12. The lowest BCUT2D eigenvalue weighted by atomic mass is 9.79. The van der Waals surface area contributed by atoms with Gasteiger partial charge in [-0.25, -0.2) is 4.98 Å². The molecule has 2 aliphatic rings. The van der Waals surface area contributed by atoms with Gasteiger partial charge in [0.15, 0.2) is 4.96 Å². The summed E-state index contributed by atoms with van der Waals surface area (Å²) in [6.45, 7) is 3.95. The maximum absolute atomic E-state index is 12.2. The highest BCUT2D eigenvalue weighted by Gasteiger charge is 2.39. The number of aromatic nitrogens is 2. The summed E-state index contributed by atoms with van der Waals surface area (Å²) in [6.07, 6.45) is 8.32. The van der Waals surface area contributed by atoms with Gasteiger partial charge >= 0.3 is 0 Å². The van der Waals surface area contributed by atoms with Crippen LogP contribution in [0.2, 0.25) is 0 Å². The molecule has 0 atom stereocenters. The van der Waals surface area contributed by atoms with Gasteiger partial charge in [-0.1, -0.05) is 19.3 Å². The Balaban J connectivity index is 0.00000156. The van der Waals surface area contributed by atoms with E-state index in [9.17, 15) is 4.79 Å². The maximum Gasteiger partial charge on any atom is 0.258 e. The highest BCUT2D eigenvalue weighted by Crippen LogP contribution is 2.35. The van der Waals surface area contributed by atoms with Crippen molar-refractivity contribution < 1.29 is 0 Å². The number of thiazole rings is 1. The standard InChI is InChI=1S/C16H22N4OS.ClH/c21-14-10-13(18-15-20(14)8-9-22-15)11-19-7-6-17-12-16(19)4-2-1-3-5-16;/h8-10,17H,1-7,11-12H2;1H. The van der Waals surface area contributed by atoms with Crippen molar-refractivity contribution in [1.29, 1.82) is 0 Å². The molecule has 0 unspecified atom stereocenters. The summed E-state index contributed by atoms with van der Waals surface area (Å²) < 4.78 is 1.63. The van der Waals surface area contributed by atoms with Crippen LogP contribution in [-0.4, -0.2) is 39.5 Å². The molecule has 0 amide bonds.